The van der Waals surface area contributed by atoms with E-state index in [0.717, 1.165) is 26.5 Å². The Hall–Kier alpha value is -1.45. The lowest BCUT2D eigenvalue weighted by molar-refractivity contribution is 0.626. The molecule has 0 aliphatic heterocycles. The van der Waals surface area contributed by atoms with Crippen molar-refractivity contribution in [1.82, 2.24) is 0 Å². The maximum Gasteiger partial charge on any atom is 0.123 e. The summed E-state index contributed by atoms with van der Waals surface area (Å²) in [5.74, 6) is -0.245. The summed E-state index contributed by atoms with van der Waals surface area (Å²) in [5, 5.41) is 0. The smallest absolute Gasteiger partial charge is 0.123 e. The van der Waals surface area contributed by atoms with Crippen LogP contribution in [0, 0.1) is 5.82 Å². The standard InChI is InChI=1S/C14H14FNS/c1-9(2)13-5-6-14(17-13)12-4-3-11(15)7-10(12)8-16/h3-7H,1,8,16H2,2H3. The van der Waals surface area contributed by atoms with E-state index in [1.165, 1.54) is 12.1 Å². The van der Waals surface area contributed by atoms with Gasteiger partial charge in [-0.25, -0.2) is 4.39 Å². The van der Waals surface area contributed by atoms with Crippen molar-refractivity contribution >= 4 is 16.9 Å². The molecule has 17 heavy (non-hydrogen) atoms. The fraction of sp³-hybridized carbons (Fsp3) is 0.143. The molecule has 88 valence electrons. The van der Waals surface area contributed by atoms with E-state index >= 15 is 0 Å². The van der Waals surface area contributed by atoms with Gasteiger partial charge in [0.25, 0.3) is 0 Å². The van der Waals surface area contributed by atoms with E-state index in [1.54, 1.807) is 17.4 Å². The monoisotopic (exact) mass is 247 g/mol. The molecule has 0 aliphatic carbocycles. The number of hydrogen-bond acceptors (Lipinski definition) is 2. The van der Waals surface area contributed by atoms with Gasteiger partial charge in [0.2, 0.25) is 0 Å². The van der Waals surface area contributed by atoms with Gasteiger partial charge in [0, 0.05) is 16.3 Å². The summed E-state index contributed by atoms with van der Waals surface area (Å²) in [6, 6.07) is 8.81. The number of benzene rings is 1. The number of halogens is 1. The molecule has 1 nitrogen and oxygen atoms in total. The Morgan fingerprint density at radius 2 is 2.12 bits per heavy atom. The largest absolute Gasteiger partial charge is 0.326 e. The van der Waals surface area contributed by atoms with Crippen LogP contribution in [0.3, 0.4) is 0 Å². The van der Waals surface area contributed by atoms with Gasteiger partial charge in [-0.05, 0) is 47.9 Å². The molecule has 2 aromatic rings. The first-order valence-electron chi connectivity index (χ1n) is 5.36. The Morgan fingerprint density at radius 3 is 2.71 bits per heavy atom. The minimum absolute atomic E-state index is 0.245. The molecule has 0 atom stereocenters. The molecule has 2 rings (SSSR count). The van der Waals surface area contributed by atoms with Crippen molar-refractivity contribution < 1.29 is 4.39 Å². The van der Waals surface area contributed by atoms with Crippen LogP contribution in [0.25, 0.3) is 16.0 Å². The van der Waals surface area contributed by atoms with Gasteiger partial charge in [-0.1, -0.05) is 12.6 Å². The fourth-order valence-corrected chi connectivity index (χ4v) is 2.68. The molecule has 1 aromatic carbocycles. The number of rotatable bonds is 3. The topological polar surface area (TPSA) is 26.0 Å². The van der Waals surface area contributed by atoms with Crippen molar-refractivity contribution in [2.24, 2.45) is 5.73 Å². The zero-order valence-electron chi connectivity index (χ0n) is 9.66. The van der Waals surface area contributed by atoms with Gasteiger partial charge in [-0.15, -0.1) is 11.3 Å². The van der Waals surface area contributed by atoms with Crippen LogP contribution in [-0.4, -0.2) is 0 Å². The molecule has 0 amide bonds. The number of allylic oxidation sites excluding steroid dienone is 1. The van der Waals surface area contributed by atoms with Crippen LogP contribution >= 0.6 is 11.3 Å². The number of nitrogens with two attached hydrogens (primary N) is 1. The maximum atomic E-state index is 13.1. The summed E-state index contributed by atoms with van der Waals surface area (Å²) >= 11 is 1.65. The van der Waals surface area contributed by atoms with Gasteiger partial charge in [0.05, 0.1) is 0 Å². The van der Waals surface area contributed by atoms with E-state index in [1.807, 2.05) is 19.1 Å². The highest BCUT2D eigenvalue weighted by molar-refractivity contribution is 7.16. The molecule has 0 bridgehead atoms. The Balaban J connectivity index is 2.48. The minimum atomic E-state index is -0.245. The lowest BCUT2D eigenvalue weighted by Crippen LogP contribution is -1.99. The average Bonchev–Trinajstić information content (AvgIpc) is 2.78. The lowest BCUT2D eigenvalue weighted by Gasteiger charge is -2.05. The second kappa shape index (κ2) is 4.82. The van der Waals surface area contributed by atoms with E-state index in [4.69, 9.17) is 5.73 Å². The second-order valence-electron chi connectivity index (χ2n) is 3.95. The highest BCUT2D eigenvalue weighted by atomic mass is 32.1. The highest BCUT2D eigenvalue weighted by Crippen LogP contribution is 2.33. The summed E-state index contributed by atoms with van der Waals surface area (Å²) in [6.45, 7) is 6.23. The first kappa shape index (κ1) is 12.0. The van der Waals surface area contributed by atoms with Crippen LogP contribution < -0.4 is 5.73 Å². The molecular formula is C14H14FNS. The van der Waals surface area contributed by atoms with Gasteiger partial charge >= 0.3 is 0 Å². The molecule has 0 spiro atoms. The predicted molar refractivity (Wildman–Crippen MR) is 72.3 cm³/mol. The van der Waals surface area contributed by atoms with Gasteiger partial charge in [-0.2, -0.15) is 0 Å². The van der Waals surface area contributed by atoms with Gasteiger partial charge in [0.15, 0.2) is 0 Å². The lowest BCUT2D eigenvalue weighted by atomic mass is 10.1. The van der Waals surface area contributed by atoms with Crippen molar-refractivity contribution in [2.45, 2.75) is 13.5 Å². The average molecular weight is 247 g/mol. The second-order valence-corrected chi connectivity index (χ2v) is 5.03. The van der Waals surface area contributed by atoms with Crippen LogP contribution in [0.2, 0.25) is 0 Å². The van der Waals surface area contributed by atoms with Crippen LogP contribution in [-0.2, 0) is 6.54 Å². The Labute approximate surface area is 104 Å². The molecule has 1 aromatic heterocycles. The third kappa shape index (κ3) is 2.46. The van der Waals surface area contributed by atoms with Crippen molar-refractivity contribution in [1.29, 1.82) is 0 Å². The summed E-state index contributed by atoms with van der Waals surface area (Å²) in [6.07, 6.45) is 0. The van der Waals surface area contributed by atoms with E-state index in [0.29, 0.717) is 6.54 Å². The van der Waals surface area contributed by atoms with Crippen molar-refractivity contribution in [3.63, 3.8) is 0 Å². The van der Waals surface area contributed by atoms with E-state index in [-0.39, 0.29) is 5.82 Å². The van der Waals surface area contributed by atoms with Gasteiger partial charge < -0.3 is 5.73 Å². The molecule has 0 saturated heterocycles. The fourth-order valence-electron chi connectivity index (χ4n) is 1.68. The maximum absolute atomic E-state index is 13.1. The summed E-state index contributed by atoms with van der Waals surface area (Å²) in [7, 11) is 0. The third-order valence-corrected chi connectivity index (χ3v) is 3.86. The Kier molecular flexibility index (Phi) is 3.41. The van der Waals surface area contributed by atoms with Crippen LogP contribution in [0.4, 0.5) is 4.39 Å². The van der Waals surface area contributed by atoms with Crippen LogP contribution in [0.15, 0.2) is 36.9 Å². The molecule has 0 unspecified atom stereocenters. The molecular weight excluding hydrogens is 233 g/mol. The van der Waals surface area contributed by atoms with Gasteiger partial charge in [-0.3, -0.25) is 0 Å². The first-order valence-corrected chi connectivity index (χ1v) is 6.18. The molecule has 3 heteroatoms. The van der Waals surface area contributed by atoms with Crippen LogP contribution in [0.1, 0.15) is 17.4 Å². The Bertz CT molecular complexity index is 557. The zero-order chi connectivity index (χ0) is 12.4. The molecule has 0 saturated carbocycles. The number of thiophene rings is 1. The summed E-state index contributed by atoms with van der Waals surface area (Å²) < 4.78 is 13.1. The SMILES string of the molecule is C=C(C)c1ccc(-c2ccc(F)cc2CN)s1. The van der Waals surface area contributed by atoms with E-state index in [9.17, 15) is 4.39 Å². The van der Waals surface area contributed by atoms with Crippen molar-refractivity contribution in [3.8, 4) is 10.4 Å². The first-order chi connectivity index (χ1) is 8.11. The third-order valence-electron chi connectivity index (χ3n) is 2.58. The highest BCUT2D eigenvalue weighted by Gasteiger charge is 2.08. The molecule has 0 fully saturated rings. The van der Waals surface area contributed by atoms with Gasteiger partial charge in [0.1, 0.15) is 5.82 Å². The van der Waals surface area contributed by atoms with Crippen LogP contribution in [0.5, 0.6) is 0 Å². The molecule has 0 aliphatic rings. The molecule has 0 radical (unpaired) electrons. The molecule has 1 heterocycles. The molecule has 2 N–H and O–H groups in total. The number of hydrogen-bond donors (Lipinski definition) is 1. The zero-order valence-corrected chi connectivity index (χ0v) is 10.5. The Morgan fingerprint density at radius 1 is 1.35 bits per heavy atom. The van der Waals surface area contributed by atoms with E-state index < -0.39 is 0 Å². The summed E-state index contributed by atoms with van der Waals surface area (Å²) in [4.78, 5) is 2.25. The predicted octanol–water partition coefficient (Wildman–Crippen LogP) is 4.05. The quantitative estimate of drug-likeness (QED) is 0.870. The minimum Gasteiger partial charge on any atom is -0.326 e. The van der Waals surface area contributed by atoms with Crippen molar-refractivity contribution in [2.75, 3.05) is 0 Å². The van der Waals surface area contributed by atoms with E-state index in [2.05, 4.69) is 6.58 Å². The summed E-state index contributed by atoms with van der Waals surface area (Å²) in [5.41, 5.74) is 8.52. The normalized spacial score (nSPS) is 10.5. The van der Waals surface area contributed by atoms with Crippen molar-refractivity contribution in [3.05, 3.63) is 53.2 Å².